The molecule has 4 rings (SSSR count). The van der Waals surface area contributed by atoms with Gasteiger partial charge in [-0.2, -0.15) is 5.10 Å². The van der Waals surface area contributed by atoms with E-state index in [1.54, 1.807) is 11.1 Å². The van der Waals surface area contributed by atoms with E-state index in [0.717, 1.165) is 34.1 Å². The first-order chi connectivity index (χ1) is 17.8. The molecule has 0 unspecified atom stereocenters. The average molecular weight is 542 g/mol. The number of carbonyl (C=O) groups is 2. The molecule has 38 heavy (non-hydrogen) atoms. The predicted molar refractivity (Wildman–Crippen MR) is 152 cm³/mol. The summed E-state index contributed by atoms with van der Waals surface area (Å²) in [5.41, 5.74) is 9.06. The van der Waals surface area contributed by atoms with Gasteiger partial charge in [-0.05, 0) is 40.1 Å². The van der Waals surface area contributed by atoms with Crippen LogP contribution in [0.15, 0.2) is 42.6 Å². The minimum absolute atomic E-state index is 0.111. The van der Waals surface area contributed by atoms with Crippen LogP contribution in [0.4, 0.5) is 4.79 Å². The van der Waals surface area contributed by atoms with Gasteiger partial charge in [0.1, 0.15) is 12.6 Å². The van der Waals surface area contributed by atoms with Gasteiger partial charge in [0, 0.05) is 24.9 Å². The molecule has 4 N–H and O–H groups in total. The van der Waals surface area contributed by atoms with Crippen molar-refractivity contribution >= 4 is 34.5 Å². The Morgan fingerprint density at radius 3 is 2.45 bits per heavy atom. The number of halogens is 1. The number of ether oxygens (including phenoxy) is 1. The average Bonchev–Trinajstić information content (AvgIpc) is 3.30. The number of amides is 2. The number of rotatable bonds is 4. The fraction of sp³-hybridized carbons (Fsp3) is 0.483. The highest BCUT2D eigenvalue weighted by molar-refractivity contribution is 6.35. The number of aromatic nitrogens is 2. The maximum Gasteiger partial charge on any atom is 0.408 e. The highest BCUT2D eigenvalue weighted by Gasteiger charge is 2.34. The maximum atomic E-state index is 13.5. The van der Waals surface area contributed by atoms with E-state index in [4.69, 9.17) is 22.1 Å². The Kier molecular flexibility index (Phi) is 9.44. The zero-order valence-corrected chi connectivity index (χ0v) is 24.0. The van der Waals surface area contributed by atoms with Crippen molar-refractivity contribution in [3.8, 4) is 0 Å². The van der Waals surface area contributed by atoms with E-state index in [1.165, 1.54) is 0 Å². The molecule has 1 aliphatic heterocycles. The normalized spacial score (nSPS) is 15.8. The Labute approximate surface area is 230 Å². The van der Waals surface area contributed by atoms with Gasteiger partial charge in [0.05, 0.1) is 16.7 Å². The Morgan fingerprint density at radius 2 is 1.84 bits per heavy atom. The molecule has 1 aromatic heterocycles. The highest BCUT2D eigenvalue weighted by atomic mass is 35.5. The summed E-state index contributed by atoms with van der Waals surface area (Å²) in [6.45, 7) is 14.5. The third-order valence-corrected chi connectivity index (χ3v) is 6.36. The van der Waals surface area contributed by atoms with Crippen LogP contribution in [0.3, 0.4) is 0 Å². The van der Waals surface area contributed by atoms with Gasteiger partial charge in [-0.25, -0.2) is 4.79 Å². The monoisotopic (exact) mass is 541 g/mol. The molecule has 206 valence electrons. The molecule has 0 aliphatic carbocycles. The molecular formula is C29H40ClN5O3. The SMILES string of the molecule is CC(C)(C)CN.CC(C)(C)CN1Cc2c(cc(Cl)c3[nH]ncc23)C[C@@H](NC(=O)OCc2ccccc2)C1=O. The molecule has 1 atom stereocenters. The van der Waals surface area contributed by atoms with E-state index in [0.29, 0.717) is 29.9 Å². The van der Waals surface area contributed by atoms with Crippen molar-refractivity contribution in [2.45, 2.75) is 67.2 Å². The zero-order chi connectivity index (χ0) is 28.1. The summed E-state index contributed by atoms with van der Waals surface area (Å²) < 4.78 is 5.36. The minimum atomic E-state index is -0.748. The lowest BCUT2D eigenvalue weighted by Gasteiger charge is -2.31. The predicted octanol–water partition coefficient (Wildman–Crippen LogP) is 5.43. The molecule has 2 heterocycles. The van der Waals surface area contributed by atoms with E-state index in [-0.39, 0.29) is 17.9 Å². The second kappa shape index (κ2) is 12.2. The zero-order valence-electron chi connectivity index (χ0n) is 23.2. The Balaban J connectivity index is 0.000000599. The van der Waals surface area contributed by atoms with Crippen LogP contribution in [0.2, 0.25) is 5.02 Å². The molecule has 2 amide bonds. The molecule has 0 saturated heterocycles. The molecule has 3 aromatic rings. The van der Waals surface area contributed by atoms with Crippen LogP contribution in [0, 0.1) is 10.8 Å². The number of nitrogens with zero attached hydrogens (tertiary/aromatic N) is 2. The smallest absolute Gasteiger partial charge is 0.408 e. The van der Waals surface area contributed by atoms with Crippen LogP contribution in [0.5, 0.6) is 0 Å². The molecule has 0 saturated carbocycles. The Hall–Kier alpha value is -3.10. The first-order valence-corrected chi connectivity index (χ1v) is 13.2. The summed E-state index contributed by atoms with van der Waals surface area (Å²) in [5.74, 6) is -0.138. The summed E-state index contributed by atoms with van der Waals surface area (Å²) in [6, 6.07) is 10.5. The third kappa shape index (κ3) is 8.20. The van der Waals surface area contributed by atoms with Gasteiger partial charge in [-0.1, -0.05) is 83.5 Å². The van der Waals surface area contributed by atoms with Gasteiger partial charge >= 0.3 is 6.09 Å². The molecule has 2 aromatic carbocycles. The number of hydrogen-bond acceptors (Lipinski definition) is 5. The maximum absolute atomic E-state index is 13.5. The van der Waals surface area contributed by atoms with Crippen molar-refractivity contribution in [2.75, 3.05) is 13.1 Å². The highest BCUT2D eigenvalue weighted by Crippen LogP contribution is 2.33. The molecule has 8 nitrogen and oxygen atoms in total. The van der Waals surface area contributed by atoms with Crippen LogP contribution in [-0.4, -0.2) is 46.2 Å². The fourth-order valence-electron chi connectivity index (χ4n) is 4.07. The number of aromatic amines is 1. The largest absolute Gasteiger partial charge is 0.445 e. The quantitative estimate of drug-likeness (QED) is 0.407. The Morgan fingerprint density at radius 1 is 1.18 bits per heavy atom. The minimum Gasteiger partial charge on any atom is -0.445 e. The number of benzene rings is 2. The molecule has 1 aliphatic rings. The van der Waals surface area contributed by atoms with E-state index in [2.05, 4.69) is 57.1 Å². The molecule has 9 heteroatoms. The summed E-state index contributed by atoms with van der Waals surface area (Å²) in [4.78, 5) is 27.8. The Bertz CT molecular complexity index is 1240. The van der Waals surface area contributed by atoms with Gasteiger partial charge < -0.3 is 20.7 Å². The first kappa shape index (κ1) is 29.5. The van der Waals surface area contributed by atoms with Crippen LogP contribution < -0.4 is 11.1 Å². The van der Waals surface area contributed by atoms with Crippen LogP contribution >= 0.6 is 11.6 Å². The van der Waals surface area contributed by atoms with Gasteiger partial charge in [0.25, 0.3) is 0 Å². The topological polar surface area (TPSA) is 113 Å². The molecule has 0 bridgehead atoms. The van der Waals surface area contributed by atoms with Gasteiger partial charge in [0.15, 0.2) is 0 Å². The van der Waals surface area contributed by atoms with Crippen molar-refractivity contribution in [3.63, 3.8) is 0 Å². The number of H-pyrrole nitrogens is 1. The summed E-state index contributed by atoms with van der Waals surface area (Å²) in [7, 11) is 0. The fourth-order valence-corrected chi connectivity index (χ4v) is 4.35. The van der Waals surface area contributed by atoms with Crippen molar-refractivity contribution in [2.24, 2.45) is 16.6 Å². The van der Waals surface area contributed by atoms with Gasteiger partial charge in [-0.15, -0.1) is 0 Å². The number of fused-ring (bicyclic) bond motifs is 3. The lowest BCUT2D eigenvalue weighted by molar-refractivity contribution is -0.135. The number of nitrogens with one attached hydrogen (secondary N) is 2. The number of nitrogens with two attached hydrogens (primary N) is 1. The van der Waals surface area contributed by atoms with E-state index >= 15 is 0 Å². The van der Waals surface area contributed by atoms with E-state index in [9.17, 15) is 9.59 Å². The number of alkyl carbamates (subject to hydrolysis) is 1. The number of hydrogen-bond donors (Lipinski definition) is 3. The lowest BCUT2D eigenvalue weighted by Crippen LogP contribution is -2.49. The second-order valence-corrected chi connectivity index (χ2v) is 12.5. The van der Waals surface area contributed by atoms with E-state index in [1.807, 2.05) is 36.4 Å². The van der Waals surface area contributed by atoms with E-state index < -0.39 is 12.1 Å². The van der Waals surface area contributed by atoms with Crippen molar-refractivity contribution < 1.29 is 14.3 Å². The van der Waals surface area contributed by atoms with Crippen LogP contribution in [-0.2, 0) is 29.1 Å². The van der Waals surface area contributed by atoms with Gasteiger partial charge in [0.2, 0.25) is 5.91 Å². The molecular weight excluding hydrogens is 502 g/mol. The molecule has 0 fully saturated rings. The summed E-state index contributed by atoms with van der Waals surface area (Å²) >= 11 is 6.46. The summed E-state index contributed by atoms with van der Waals surface area (Å²) in [5, 5.41) is 11.3. The first-order valence-electron chi connectivity index (χ1n) is 12.9. The van der Waals surface area contributed by atoms with Crippen molar-refractivity contribution in [1.29, 1.82) is 0 Å². The van der Waals surface area contributed by atoms with Crippen LogP contribution in [0.1, 0.15) is 58.2 Å². The second-order valence-electron chi connectivity index (χ2n) is 12.1. The summed E-state index contributed by atoms with van der Waals surface area (Å²) in [6.07, 6.45) is 1.44. The van der Waals surface area contributed by atoms with Crippen molar-refractivity contribution in [3.05, 3.63) is 64.3 Å². The molecule has 0 spiro atoms. The van der Waals surface area contributed by atoms with Crippen molar-refractivity contribution in [1.82, 2.24) is 20.4 Å². The van der Waals surface area contributed by atoms with Gasteiger partial charge in [-0.3, -0.25) is 9.89 Å². The lowest BCUT2D eigenvalue weighted by atomic mass is 9.95. The molecule has 0 radical (unpaired) electrons. The third-order valence-electron chi connectivity index (χ3n) is 6.06. The van der Waals surface area contributed by atoms with Crippen LogP contribution in [0.25, 0.3) is 10.9 Å². The number of carbonyl (C=O) groups excluding carboxylic acids is 2. The standard InChI is InChI=1S/C24H27ClN4O3.C5H13N/c1-24(2,3)14-29-12-18-16(9-19(25)21-17(18)11-26-28-21)10-20(22(29)30)27-23(31)32-13-15-7-5-4-6-8-15;1-5(2,3)4-6/h4-9,11,20H,10,12-14H2,1-3H3,(H,26,28)(H,27,31);4,6H2,1-3H3/t20-;/m1./s1.